The van der Waals surface area contributed by atoms with Crippen molar-refractivity contribution in [1.82, 2.24) is 9.13 Å². The summed E-state index contributed by atoms with van der Waals surface area (Å²) in [5.41, 5.74) is 1.53. The second-order valence-corrected chi connectivity index (χ2v) is 12.1. The van der Waals surface area contributed by atoms with Gasteiger partial charge < -0.3 is 10.1 Å². The molecule has 1 aromatic carbocycles. The Hall–Kier alpha value is -3.08. The number of hydrogen-bond acceptors (Lipinski definition) is 6. The first kappa shape index (κ1) is 33.1. The number of ether oxygens (including phenoxy) is 1. The number of rotatable bonds is 13. The Kier molecular flexibility index (Phi) is 12.0. The van der Waals surface area contributed by atoms with E-state index in [1.807, 2.05) is 45.9 Å². The van der Waals surface area contributed by atoms with Crippen molar-refractivity contribution in [3.63, 3.8) is 0 Å². The van der Waals surface area contributed by atoms with E-state index in [0.717, 1.165) is 19.3 Å². The third-order valence-corrected chi connectivity index (χ3v) is 7.76. The van der Waals surface area contributed by atoms with Gasteiger partial charge in [-0.2, -0.15) is 0 Å². The first-order chi connectivity index (χ1) is 18.7. The molecule has 1 atom stereocenters. The summed E-state index contributed by atoms with van der Waals surface area (Å²) in [4.78, 5) is 39.8. The van der Waals surface area contributed by atoms with E-state index in [1.165, 1.54) is 17.0 Å². The van der Waals surface area contributed by atoms with Crippen molar-refractivity contribution in [3.05, 3.63) is 78.3 Å². The molecule has 0 saturated heterocycles. The van der Waals surface area contributed by atoms with Crippen LogP contribution < -0.4 is 11.2 Å². The zero-order chi connectivity index (χ0) is 30.3. The van der Waals surface area contributed by atoms with Crippen LogP contribution in [0.5, 0.6) is 0 Å². The second-order valence-electron chi connectivity index (χ2n) is 10.9. The van der Waals surface area contributed by atoms with Crippen molar-refractivity contribution in [2.24, 2.45) is 17.8 Å². The molecule has 0 aliphatic rings. The molecule has 0 fully saturated rings. The first-order valence-corrected chi connectivity index (χ1v) is 14.5. The lowest BCUT2D eigenvalue weighted by molar-refractivity contribution is -0.120. The van der Waals surface area contributed by atoms with Crippen LogP contribution in [-0.4, -0.2) is 32.6 Å². The second kappa shape index (κ2) is 14.5. The molecule has 2 N–H and O–H groups in total. The number of hydrogen-bond donors (Lipinski definition) is 2. The van der Waals surface area contributed by atoms with Gasteiger partial charge in [-0.1, -0.05) is 52.5 Å². The van der Waals surface area contributed by atoms with Gasteiger partial charge in [-0.3, -0.25) is 24.1 Å². The molecule has 0 radical (unpaired) electrons. The van der Waals surface area contributed by atoms with Gasteiger partial charge in [-0.05, 0) is 72.0 Å². The van der Waals surface area contributed by atoms with Crippen LogP contribution in [0.2, 0.25) is 0 Å². The van der Waals surface area contributed by atoms with Gasteiger partial charge in [-0.25, -0.2) is 4.79 Å². The first-order valence-electron chi connectivity index (χ1n) is 13.5. The summed E-state index contributed by atoms with van der Waals surface area (Å²) in [5.74, 6) is -0.875. The molecule has 216 valence electrons. The van der Waals surface area contributed by atoms with Crippen molar-refractivity contribution in [3.8, 4) is 0 Å². The van der Waals surface area contributed by atoms with Crippen molar-refractivity contribution >= 4 is 51.6 Å². The van der Waals surface area contributed by atoms with Crippen LogP contribution in [0.25, 0.3) is 11.6 Å². The standard InChI is InChI=1S/C31H41IN4O4/c1-9-22-10-11-26(32)23(12-22)13-29(34)35-16-25(21(8)17-40-20(6)7)30(38)36(31(35)39)15-24(18(2)3)27(33)14-28(37)19(4)5/h9-12,16-20,24,33-34H,1,13-15H2,2-8H3/b21-17+,33-27?,34-29?/t24-/m1/s1. The number of benzene rings is 1. The number of carbonyl (C=O) groups is 1. The van der Waals surface area contributed by atoms with Crippen LogP contribution in [0.4, 0.5) is 0 Å². The van der Waals surface area contributed by atoms with Crippen LogP contribution >= 0.6 is 22.6 Å². The van der Waals surface area contributed by atoms with Gasteiger partial charge >= 0.3 is 5.69 Å². The Bertz CT molecular complexity index is 1430. The summed E-state index contributed by atoms with van der Waals surface area (Å²) in [6.45, 7) is 16.6. The largest absolute Gasteiger partial charge is 0.498 e. The smallest absolute Gasteiger partial charge is 0.336 e. The van der Waals surface area contributed by atoms with Crippen molar-refractivity contribution in [2.75, 3.05) is 0 Å². The van der Waals surface area contributed by atoms with E-state index in [4.69, 9.17) is 15.6 Å². The number of allylic oxidation sites excluding steroid dienone is 1. The van der Waals surface area contributed by atoms with Crippen LogP contribution in [0.15, 0.2) is 46.8 Å². The van der Waals surface area contributed by atoms with Crippen LogP contribution in [-0.2, 0) is 22.5 Å². The molecule has 8 nitrogen and oxygen atoms in total. The molecule has 0 bridgehead atoms. The highest BCUT2D eigenvalue weighted by atomic mass is 127. The molecule has 9 heteroatoms. The summed E-state index contributed by atoms with van der Waals surface area (Å²) < 4.78 is 8.85. The van der Waals surface area contributed by atoms with Gasteiger partial charge in [0.05, 0.1) is 17.9 Å². The van der Waals surface area contributed by atoms with Gasteiger partial charge in [0.1, 0.15) is 11.6 Å². The van der Waals surface area contributed by atoms with E-state index in [0.29, 0.717) is 5.57 Å². The molecule has 0 amide bonds. The zero-order valence-corrected chi connectivity index (χ0v) is 26.7. The van der Waals surface area contributed by atoms with Gasteiger partial charge in [0, 0.05) is 46.7 Å². The summed E-state index contributed by atoms with van der Waals surface area (Å²) >= 11 is 2.20. The van der Waals surface area contributed by atoms with Gasteiger partial charge in [0.15, 0.2) is 0 Å². The van der Waals surface area contributed by atoms with E-state index in [2.05, 4.69) is 29.2 Å². The molecule has 0 unspecified atom stereocenters. The van der Waals surface area contributed by atoms with E-state index in [9.17, 15) is 14.4 Å². The summed E-state index contributed by atoms with van der Waals surface area (Å²) in [6.07, 6.45) is 4.64. The predicted molar refractivity (Wildman–Crippen MR) is 171 cm³/mol. The quantitative estimate of drug-likeness (QED) is 0.118. The molecule has 2 rings (SSSR count). The van der Waals surface area contributed by atoms with Crippen LogP contribution in [0, 0.1) is 32.1 Å². The highest BCUT2D eigenvalue weighted by Gasteiger charge is 2.26. The van der Waals surface area contributed by atoms with Gasteiger partial charge in [-0.15, -0.1) is 0 Å². The number of ketones is 1. The Morgan fingerprint density at radius 2 is 1.77 bits per heavy atom. The molecule has 0 saturated carbocycles. The molecule has 0 spiro atoms. The predicted octanol–water partition coefficient (Wildman–Crippen LogP) is 6.02. The number of Topliss-reactive ketones (excluding diaryl/α,β-unsaturated/α-hetero) is 1. The third-order valence-electron chi connectivity index (χ3n) is 6.71. The van der Waals surface area contributed by atoms with Gasteiger partial charge in [0.25, 0.3) is 5.56 Å². The Labute approximate surface area is 250 Å². The zero-order valence-electron chi connectivity index (χ0n) is 24.5. The molecule has 1 heterocycles. The Morgan fingerprint density at radius 1 is 1.12 bits per heavy atom. The lowest BCUT2D eigenvalue weighted by Gasteiger charge is -2.24. The molecular weight excluding hydrogens is 619 g/mol. The SMILES string of the molecule is C=Cc1ccc(I)c(CC(=N)n2cc(/C(C)=C/OC(C)C)c(=O)n(C[C@@H](C(=N)CC(=O)C(C)C)C(C)C)c2=O)c1. The minimum atomic E-state index is -0.653. The lowest BCUT2D eigenvalue weighted by Crippen LogP contribution is -2.46. The fraction of sp³-hybridized carbons (Fsp3) is 0.452. The summed E-state index contributed by atoms with van der Waals surface area (Å²) in [5, 5.41) is 17.5. The molecule has 1 aromatic heterocycles. The number of halogens is 1. The molecule has 40 heavy (non-hydrogen) atoms. The molecular formula is C31H41IN4O4. The maximum atomic E-state index is 13.8. The monoisotopic (exact) mass is 660 g/mol. The van der Waals surface area contributed by atoms with Crippen molar-refractivity contribution in [2.45, 2.75) is 74.0 Å². The Morgan fingerprint density at radius 3 is 2.33 bits per heavy atom. The van der Waals surface area contributed by atoms with Crippen LogP contribution in [0.1, 0.15) is 71.6 Å². The number of aromatic nitrogens is 2. The third kappa shape index (κ3) is 8.46. The number of nitrogens with one attached hydrogen (secondary N) is 2. The number of nitrogens with zero attached hydrogens (tertiary/aromatic N) is 2. The highest BCUT2D eigenvalue weighted by Crippen LogP contribution is 2.19. The van der Waals surface area contributed by atoms with Gasteiger partial charge in [0.2, 0.25) is 0 Å². The van der Waals surface area contributed by atoms with Crippen LogP contribution in [0.3, 0.4) is 0 Å². The maximum Gasteiger partial charge on any atom is 0.336 e. The summed E-state index contributed by atoms with van der Waals surface area (Å²) in [7, 11) is 0. The topological polar surface area (TPSA) is 118 Å². The molecule has 0 aliphatic heterocycles. The van der Waals surface area contributed by atoms with E-state index < -0.39 is 17.2 Å². The normalized spacial score (nSPS) is 12.6. The van der Waals surface area contributed by atoms with E-state index >= 15 is 0 Å². The van der Waals surface area contributed by atoms with Crippen molar-refractivity contribution in [1.29, 1.82) is 10.8 Å². The average molecular weight is 661 g/mol. The van der Waals surface area contributed by atoms with Crippen molar-refractivity contribution < 1.29 is 9.53 Å². The molecule has 2 aromatic rings. The van der Waals surface area contributed by atoms with E-state index in [-0.39, 0.29) is 60.2 Å². The Balaban J connectivity index is 2.68. The minimum absolute atomic E-state index is 0.00265. The fourth-order valence-corrected chi connectivity index (χ4v) is 4.62. The average Bonchev–Trinajstić information content (AvgIpc) is 2.88. The highest BCUT2D eigenvalue weighted by molar-refractivity contribution is 14.1. The number of carbonyl (C=O) groups excluding carboxylic acids is 1. The molecule has 0 aliphatic carbocycles. The summed E-state index contributed by atoms with van der Waals surface area (Å²) in [6, 6.07) is 5.79. The maximum absolute atomic E-state index is 13.8. The van der Waals surface area contributed by atoms with E-state index in [1.54, 1.807) is 26.8 Å². The minimum Gasteiger partial charge on any atom is -0.498 e. The fourth-order valence-electron chi connectivity index (χ4n) is 4.09. The lowest BCUT2D eigenvalue weighted by atomic mass is 9.87.